The Morgan fingerprint density at radius 2 is 1.50 bits per heavy atom. The van der Waals surface area contributed by atoms with Crippen LogP contribution in [0.3, 0.4) is 0 Å². The molecule has 3 heteroatoms. The van der Waals surface area contributed by atoms with Crippen molar-refractivity contribution in [2.45, 2.75) is 38.9 Å². The van der Waals surface area contributed by atoms with Crippen LogP contribution in [0.1, 0.15) is 30.9 Å². The summed E-state index contributed by atoms with van der Waals surface area (Å²) in [4.78, 5) is 14.9. The minimum atomic E-state index is -0.148. The molecule has 24 heavy (non-hydrogen) atoms. The Labute approximate surface area is 144 Å². The largest absolute Gasteiger partial charge is 0.465 e. The molecule has 1 aliphatic carbocycles. The first-order valence-corrected chi connectivity index (χ1v) is 8.76. The number of carbonyl (C=O) groups is 1. The molecule has 1 saturated carbocycles. The molecule has 1 unspecified atom stereocenters. The van der Waals surface area contributed by atoms with Gasteiger partial charge in [0.2, 0.25) is 0 Å². The van der Waals surface area contributed by atoms with Crippen molar-refractivity contribution in [2.24, 2.45) is 5.92 Å². The van der Waals surface area contributed by atoms with Gasteiger partial charge in [-0.05, 0) is 36.8 Å². The first kappa shape index (κ1) is 16.7. The van der Waals surface area contributed by atoms with Gasteiger partial charge in [-0.1, -0.05) is 60.7 Å². The molecule has 0 amide bonds. The third-order valence-corrected chi connectivity index (χ3v) is 4.45. The lowest BCUT2D eigenvalue weighted by Gasteiger charge is -2.30. The monoisotopic (exact) mass is 323 g/mol. The Bertz CT molecular complexity index is 596. The lowest BCUT2D eigenvalue weighted by atomic mass is 10.1. The van der Waals surface area contributed by atoms with Gasteiger partial charge in [0.15, 0.2) is 0 Å². The molecule has 0 aromatic heterocycles. The van der Waals surface area contributed by atoms with Gasteiger partial charge in [0.1, 0.15) is 6.04 Å². The molecule has 0 radical (unpaired) electrons. The van der Waals surface area contributed by atoms with Crippen LogP contribution in [0.4, 0.5) is 0 Å². The van der Waals surface area contributed by atoms with E-state index < -0.39 is 0 Å². The first-order chi connectivity index (χ1) is 11.8. The Kier molecular flexibility index (Phi) is 5.65. The topological polar surface area (TPSA) is 29.5 Å². The molecule has 1 atom stereocenters. The third kappa shape index (κ3) is 4.45. The lowest BCUT2D eigenvalue weighted by molar-refractivity contribution is -0.151. The molecule has 3 nitrogen and oxygen atoms in total. The van der Waals surface area contributed by atoms with Crippen LogP contribution in [0.15, 0.2) is 60.7 Å². The highest BCUT2D eigenvalue weighted by Gasteiger charge is 2.41. The van der Waals surface area contributed by atoms with E-state index >= 15 is 0 Å². The van der Waals surface area contributed by atoms with Crippen LogP contribution in [-0.2, 0) is 22.6 Å². The van der Waals surface area contributed by atoms with E-state index in [0.717, 1.165) is 25.9 Å². The van der Waals surface area contributed by atoms with Crippen molar-refractivity contribution in [2.75, 3.05) is 6.61 Å². The molecular weight excluding hydrogens is 298 g/mol. The summed E-state index contributed by atoms with van der Waals surface area (Å²) in [6.07, 6.45) is 2.23. The van der Waals surface area contributed by atoms with E-state index in [0.29, 0.717) is 12.5 Å². The molecule has 0 heterocycles. The van der Waals surface area contributed by atoms with Crippen LogP contribution in [0, 0.1) is 5.92 Å². The maximum Gasteiger partial charge on any atom is 0.323 e. The summed E-state index contributed by atoms with van der Waals surface area (Å²) in [5, 5.41) is 0. The van der Waals surface area contributed by atoms with Crippen LogP contribution >= 0.6 is 0 Å². The van der Waals surface area contributed by atoms with Gasteiger partial charge in [-0.25, -0.2) is 0 Å². The summed E-state index contributed by atoms with van der Waals surface area (Å²) in [6.45, 7) is 3.83. The number of hydrogen-bond donors (Lipinski definition) is 0. The van der Waals surface area contributed by atoms with Gasteiger partial charge in [0, 0.05) is 13.1 Å². The summed E-state index contributed by atoms with van der Waals surface area (Å²) in [7, 11) is 0. The highest BCUT2D eigenvalue weighted by Crippen LogP contribution is 2.37. The molecule has 0 bridgehead atoms. The predicted molar refractivity (Wildman–Crippen MR) is 95.3 cm³/mol. The van der Waals surface area contributed by atoms with Gasteiger partial charge in [-0.2, -0.15) is 0 Å². The second-order valence-electron chi connectivity index (χ2n) is 6.41. The zero-order chi connectivity index (χ0) is 16.8. The standard InChI is InChI=1S/C21H25NO2/c1-2-24-21(23)20(19-13-14-19)22(15-17-9-5-3-6-10-17)16-18-11-7-4-8-12-18/h3-12,19-20H,2,13-16H2,1H3. The maximum absolute atomic E-state index is 12.6. The Hall–Kier alpha value is -2.13. The van der Waals surface area contributed by atoms with Crippen LogP contribution in [-0.4, -0.2) is 23.5 Å². The first-order valence-electron chi connectivity index (χ1n) is 8.76. The fourth-order valence-electron chi connectivity index (χ4n) is 3.17. The van der Waals surface area contributed by atoms with Crippen LogP contribution in [0.5, 0.6) is 0 Å². The number of hydrogen-bond acceptors (Lipinski definition) is 3. The second-order valence-corrected chi connectivity index (χ2v) is 6.41. The van der Waals surface area contributed by atoms with Crippen molar-refractivity contribution in [3.8, 4) is 0 Å². The van der Waals surface area contributed by atoms with E-state index in [-0.39, 0.29) is 12.0 Å². The summed E-state index contributed by atoms with van der Waals surface area (Å²) < 4.78 is 5.38. The summed E-state index contributed by atoms with van der Waals surface area (Å²) in [5.41, 5.74) is 2.45. The molecule has 2 aromatic rings. The summed E-state index contributed by atoms with van der Waals surface area (Å²) in [5.74, 6) is 0.350. The van der Waals surface area contributed by atoms with Crippen molar-refractivity contribution < 1.29 is 9.53 Å². The minimum Gasteiger partial charge on any atom is -0.465 e. The number of esters is 1. The molecule has 0 N–H and O–H groups in total. The average molecular weight is 323 g/mol. The highest BCUT2D eigenvalue weighted by molar-refractivity contribution is 5.76. The van der Waals surface area contributed by atoms with E-state index in [4.69, 9.17) is 4.74 Å². The molecule has 2 aromatic carbocycles. The van der Waals surface area contributed by atoms with Gasteiger partial charge >= 0.3 is 5.97 Å². The lowest BCUT2D eigenvalue weighted by Crippen LogP contribution is -2.43. The number of ether oxygens (including phenoxy) is 1. The SMILES string of the molecule is CCOC(=O)C(C1CC1)N(Cc1ccccc1)Cc1ccccc1. The number of rotatable bonds is 8. The van der Waals surface area contributed by atoms with E-state index in [2.05, 4.69) is 29.2 Å². The average Bonchev–Trinajstić information content (AvgIpc) is 3.42. The molecule has 3 rings (SSSR count). The number of nitrogens with zero attached hydrogens (tertiary/aromatic N) is 1. The van der Waals surface area contributed by atoms with E-state index in [1.165, 1.54) is 11.1 Å². The Morgan fingerprint density at radius 3 is 1.92 bits per heavy atom. The zero-order valence-corrected chi connectivity index (χ0v) is 14.2. The summed E-state index contributed by atoms with van der Waals surface area (Å²) >= 11 is 0. The van der Waals surface area contributed by atoms with Gasteiger partial charge < -0.3 is 4.74 Å². The van der Waals surface area contributed by atoms with Gasteiger partial charge in [0.25, 0.3) is 0 Å². The molecule has 0 spiro atoms. The fourth-order valence-corrected chi connectivity index (χ4v) is 3.17. The second kappa shape index (κ2) is 8.11. The van der Waals surface area contributed by atoms with Crippen LogP contribution < -0.4 is 0 Å². The molecule has 126 valence electrons. The highest BCUT2D eigenvalue weighted by atomic mass is 16.5. The molecule has 0 saturated heterocycles. The van der Waals surface area contributed by atoms with E-state index in [1.54, 1.807) is 0 Å². The predicted octanol–water partition coefficient (Wildman–Crippen LogP) is 4.03. The smallest absolute Gasteiger partial charge is 0.323 e. The van der Waals surface area contributed by atoms with Crippen molar-refractivity contribution in [1.29, 1.82) is 0 Å². The normalized spacial score (nSPS) is 15.2. The van der Waals surface area contributed by atoms with E-state index in [1.807, 2.05) is 43.3 Å². The maximum atomic E-state index is 12.6. The molecular formula is C21H25NO2. The fraction of sp³-hybridized carbons (Fsp3) is 0.381. The van der Waals surface area contributed by atoms with Gasteiger partial charge in [-0.15, -0.1) is 0 Å². The van der Waals surface area contributed by atoms with Gasteiger partial charge in [-0.3, -0.25) is 9.69 Å². The molecule has 1 aliphatic rings. The van der Waals surface area contributed by atoms with Crippen molar-refractivity contribution in [1.82, 2.24) is 4.90 Å². The molecule has 1 fully saturated rings. The third-order valence-electron chi connectivity index (χ3n) is 4.45. The van der Waals surface area contributed by atoms with Crippen molar-refractivity contribution in [3.05, 3.63) is 71.8 Å². The van der Waals surface area contributed by atoms with E-state index in [9.17, 15) is 4.79 Å². The number of benzene rings is 2. The van der Waals surface area contributed by atoms with Crippen molar-refractivity contribution in [3.63, 3.8) is 0 Å². The molecule has 0 aliphatic heterocycles. The van der Waals surface area contributed by atoms with Crippen molar-refractivity contribution >= 4 is 5.97 Å². The van der Waals surface area contributed by atoms with Crippen LogP contribution in [0.25, 0.3) is 0 Å². The minimum absolute atomic E-state index is 0.0770. The quantitative estimate of drug-likeness (QED) is 0.687. The Balaban J connectivity index is 1.83. The van der Waals surface area contributed by atoms with Gasteiger partial charge in [0.05, 0.1) is 6.61 Å². The number of carbonyl (C=O) groups excluding carboxylic acids is 1. The Morgan fingerprint density at radius 1 is 1.00 bits per heavy atom. The zero-order valence-electron chi connectivity index (χ0n) is 14.2. The summed E-state index contributed by atoms with van der Waals surface area (Å²) in [6, 6.07) is 20.6. The van der Waals surface area contributed by atoms with Crippen LogP contribution in [0.2, 0.25) is 0 Å².